The summed E-state index contributed by atoms with van der Waals surface area (Å²) in [7, 11) is 1.99. The first-order valence-corrected chi connectivity index (χ1v) is 9.77. The molecule has 2 N–H and O–H groups in total. The minimum absolute atomic E-state index is 0.646. The molecule has 10 nitrogen and oxygen atoms in total. The lowest BCUT2D eigenvalue weighted by atomic mass is 10.1. The molecule has 31 heavy (non-hydrogen) atoms. The van der Waals surface area contributed by atoms with Crippen LogP contribution < -0.4 is 0 Å². The first-order valence-electron chi connectivity index (χ1n) is 9.77. The van der Waals surface area contributed by atoms with Crippen LogP contribution >= 0.6 is 0 Å². The smallest absolute Gasteiger partial charge is 0.166 e. The highest BCUT2D eigenvalue weighted by atomic mass is 15.2. The van der Waals surface area contributed by atoms with Gasteiger partial charge >= 0.3 is 0 Å². The molecule has 0 aliphatic carbocycles. The molecule has 0 saturated carbocycles. The maximum absolute atomic E-state index is 4.82. The molecule has 0 fully saturated rings. The van der Waals surface area contributed by atoms with Crippen LogP contribution in [0.3, 0.4) is 0 Å². The van der Waals surface area contributed by atoms with E-state index in [2.05, 4.69) is 41.2 Å². The summed E-state index contributed by atoms with van der Waals surface area (Å²) in [6.07, 6.45) is 9.09. The summed E-state index contributed by atoms with van der Waals surface area (Å²) < 4.78 is 3.91. The van der Waals surface area contributed by atoms with Gasteiger partial charge in [0.1, 0.15) is 23.4 Å². The van der Waals surface area contributed by atoms with Crippen molar-refractivity contribution in [1.82, 2.24) is 49.2 Å². The lowest BCUT2D eigenvalue weighted by molar-refractivity contribution is 0.865. The lowest BCUT2D eigenvalue weighted by Crippen LogP contribution is -1.95. The van der Waals surface area contributed by atoms with Crippen molar-refractivity contribution in [3.8, 4) is 28.6 Å². The van der Waals surface area contributed by atoms with Gasteiger partial charge in [0, 0.05) is 31.2 Å². The zero-order chi connectivity index (χ0) is 21.1. The van der Waals surface area contributed by atoms with Crippen LogP contribution in [0, 0.1) is 13.8 Å². The number of pyridine rings is 2. The van der Waals surface area contributed by atoms with E-state index < -0.39 is 0 Å². The van der Waals surface area contributed by atoms with E-state index in [0.717, 1.165) is 39.2 Å². The second-order valence-corrected chi connectivity index (χ2v) is 7.48. The van der Waals surface area contributed by atoms with Crippen LogP contribution in [0.1, 0.15) is 11.5 Å². The van der Waals surface area contributed by atoms with Crippen molar-refractivity contribution in [3.05, 3.63) is 54.8 Å². The predicted octanol–water partition coefficient (Wildman–Crippen LogP) is 3.10. The summed E-state index contributed by atoms with van der Waals surface area (Å²) in [6, 6.07) is 3.96. The van der Waals surface area contributed by atoms with Crippen LogP contribution in [0.4, 0.5) is 0 Å². The summed E-state index contributed by atoms with van der Waals surface area (Å²) >= 11 is 0. The summed E-state index contributed by atoms with van der Waals surface area (Å²) in [4.78, 5) is 25.9. The molecule has 6 aromatic rings. The van der Waals surface area contributed by atoms with E-state index in [9.17, 15) is 0 Å². The van der Waals surface area contributed by atoms with Gasteiger partial charge in [-0.2, -0.15) is 5.10 Å². The highest BCUT2D eigenvalue weighted by Crippen LogP contribution is 2.30. The first-order chi connectivity index (χ1) is 15.1. The molecule has 6 heterocycles. The van der Waals surface area contributed by atoms with Crippen molar-refractivity contribution in [2.24, 2.45) is 7.05 Å². The fraction of sp³-hybridized carbons (Fsp3) is 0.143. The highest BCUT2D eigenvalue weighted by molar-refractivity contribution is 5.94. The monoisotopic (exact) mass is 410 g/mol. The Balaban J connectivity index is 1.52. The number of nitrogens with zero attached hydrogens (tertiary/aromatic N) is 8. The number of aryl methyl sites for hydroxylation is 2. The third kappa shape index (κ3) is 2.65. The normalized spacial score (nSPS) is 11.7. The molecule has 0 saturated heterocycles. The average Bonchev–Trinajstić information content (AvgIpc) is 3.54. The van der Waals surface area contributed by atoms with Gasteiger partial charge in [-0.25, -0.2) is 24.9 Å². The number of H-pyrrole nitrogens is 2. The zero-order valence-electron chi connectivity index (χ0n) is 17.1. The molecule has 0 amide bonds. The quantitative estimate of drug-likeness (QED) is 0.463. The number of aromatic amines is 2. The van der Waals surface area contributed by atoms with E-state index in [1.165, 1.54) is 0 Å². The second kappa shape index (κ2) is 6.33. The van der Waals surface area contributed by atoms with Crippen LogP contribution in [0.2, 0.25) is 0 Å². The molecular weight excluding hydrogens is 392 g/mol. The maximum atomic E-state index is 4.82. The minimum Gasteiger partial charge on any atom is -0.336 e. The van der Waals surface area contributed by atoms with Crippen LogP contribution in [0.5, 0.6) is 0 Å². The van der Waals surface area contributed by atoms with Gasteiger partial charge in [-0.15, -0.1) is 0 Å². The number of hydrogen-bond acceptors (Lipinski definition) is 6. The molecule has 0 radical (unpaired) electrons. The average molecular weight is 410 g/mol. The van der Waals surface area contributed by atoms with Crippen molar-refractivity contribution in [2.75, 3.05) is 0 Å². The highest BCUT2D eigenvalue weighted by Gasteiger charge is 2.17. The van der Waals surface area contributed by atoms with Gasteiger partial charge in [-0.3, -0.25) is 9.67 Å². The second-order valence-electron chi connectivity index (χ2n) is 7.48. The number of hydrogen-bond donors (Lipinski definition) is 2. The Morgan fingerprint density at radius 3 is 2.71 bits per heavy atom. The standard InChI is InChI=1S/C21H18N10/c1-11-9-31(10-25-11)21-18-15(4-5-22-21)26-20(27-18)17-14-6-13(7-24-19(14)29-28-17)16-8-23-12(2)30(16)3/h4-10H,1-3H3,(H,26,27)(H,24,28,29). The van der Waals surface area contributed by atoms with Crippen molar-refractivity contribution >= 4 is 22.1 Å². The maximum Gasteiger partial charge on any atom is 0.166 e. The van der Waals surface area contributed by atoms with Crippen molar-refractivity contribution in [3.63, 3.8) is 0 Å². The lowest BCUT2D eigenvalue weighted by Gasteiger charge is -2.03. The van der Waals surface area contributed by atoms with Gasteiger partial charge in [0.2, 0.25) is 0 Å². The predicted molar refractivity (Wildman–Crippen MR) is 116 cm³/mol. The van der Waals surface area contributed by atoms with Crippen LogP contribution in [0.25, 0.3) is 50.7 Å². The first kappa shape index (κ1) is 17.5. The molecule has 0 spiro atoms. The number of aromatic nitrogens is 10. The molecule has 6 rings (SSSR count). The fourth-order valence-corrected chi connectivity index (χ4v) is 3.75. The Kier molecular flexibility index (Phi) is 3.57. The Labute approximate surface area is 176 Å². The Morgan fingerprint density at radius 2 is 1.94 bits per heavy atom. The molecule has 6 aromatic heterocycles. The van der Waals surface area contributed by atoms with Crippen LogP contribution in [0.15, 0.2) is 43.2 Å². The van der Waals surface area contributed by atoms with Gasteiger partial charge in [0.15, 0.2) is 17.3 Å². The van der Waals surface area contributed by atoms with E-state index in [4.69, 9.17) is 4.98 Å². The number of rotatable bonds is 3. The fourth-order valence-electron chi connectivity index (χ4n) is 3.75. The topological polar surface area (TPSA) is 119 Å². The third-order valence-electron chi connectivity index (χ3n) is 5.49. The summed E-state index contributed by atoms with van der Waals surface area (Å²) in [6.45, 7) is 3.91. The molecule has 0 bridgehead atoms. The van der Waals surface area contributed by atoms with E-state index in [1.54, 1.807) is 12.5 Å². The summed E-state index contributed by atoms with van der Waals surface area (Å²) in [5, 5.41) is 8.37. The molecule has 0 aromatic carbocycles. The Morgan fingerprint density at radius 1 is 1.03 bits per heavy atom. The Bertz CT molecular complexity index is 1580. The van der Waals surface area contributed by atoms with E-state index >= 15 is 0 Å². The van der Waals surface area contributed by atoms with Gasteiger partial charge < -0.3 is 9.55 Å². The summed E-state index contributed by atoms with van der Waals surface area (Å²) in [5.41, 5.74) is 5.88. The van der Waals surface area contributed by atoms with Crippen LogP contribution in [-0.4, -0.2) is 49.2 Å². The Hall–Kier alpha value is -4.34. The molecule has 152 valence electrons. The van der Waals surface area contributed by atoms with Crippen molar-refractivity contribution in [2.45, 2.75) is 13.8 Å². The SMILES string of the molecule is Cc1cn(-c2nccc3[nH]c(-c4n[nH]c5ncc(-c6cnc(C)n6C)cc45)nc23)cn1. The summed E-state index contributed by atoms with van der Waals surface area (Å²) in [5.74, 6) is 2.30. The largest absolute Gasteiger partial charge is 0.336 e. The third-order valence-corrected chi connectivity index (χ3v) is 5.49. The van der Waals surface area contributed by atoms with Crippen molar-refractivity contribution < 1.29 is 0 Å². The van der Waals surface area contributed by atoms with Gasteiger partial charge in [-0.05, 0) is 26.0 Å². The molecular formula is C21H18N10. The van der Waals surface area contributed by atoms with E-state index in [1.807, 2.05) is 54.7 Å². The van der Waals surface area contributed by atoms with Crippen LogP contribution in [-0.2, 0) is 7.05 Å². The van der Waals surface area contributed by atoms with Gasteiger partial charge in [0.05, 0.1) is 28.5 Å². The van der Waals surface area contributed by atoms with E-state index in [0.29, 0.717) is 23.0 Å². The minimum atomic E-state index is 0.646. The zero-order valence-corrected chi connectivity index (χ0v) is 17.1. The molecule has 0 atom stereocenters. The van der Waals surface area contributed by atoms with Crippen molar-refractivity contribution in [1.29, 1.82) is 0 Å². The number of imidazole rings is 3. The number of nitrogens with one attached hydrogen (secondary N) is 2. The molecule has 0 unspecified atom stereocenters. The number of fused-ring (bicyclic) bond motifs is 2. The van der Waals surface area contributed by atoms with Gasteiger partial charge in [-0.1, -0.05) is 0 Å². The molecule has 0 aliphatic rings. The molecule has 10 heteroatoms. The van der Waals surface area contributed by atoms with E-state index in [-0.39, 0.29) is 0 Å². The molecule has 0 aliphatic heterocycles. The van der Waals surface area contributed by atoms with Gasteiger partial charge in [0.25, 0.3) is 0 Å².